The molecule has 1 rings (SSSR count). The summed E-state index contributed by atoms with van der Waals surface area (Å²) < 4.78 is 0. The highest BCUT2D eigenvalue weighted by atomic mass is 35.5. The minimum Gasteiger partial charge on any atom is -0.341 e. The van der Waals surface area contributed by atoms with E-state index in [1.165, 1.54) is 0 Å². The van der Waals surface area contributed by atoms with Crippen LogP contribution in [0.25, 0.3) is 0 Å². The van der Waals surface area contributed by atoms with Gasteiger partial charge in [-0.2, -0.15) is 11.8 Å². The normalized spacial score (nSPS) is 18.6. The van der Waals surface area contributed by atoms with E-state index < -0.39 is 0 Å². The molecule has 1 heterocycles. The molecule has 0 aromatic rings. The molecule has 0 aliphatic carbocycles. The molecule has 0 amide bonds. The molecule has 0 aromatic carbocycles. The van der Waals surface area contributed by atoms with Crippen molar-refractivity contribution in [1.82, 2.24) is 10.2 Å². The lowest BCUT2D eigenvalue weighted by molar-refractivity contribution is 0.452. The quantitative estimate of drug-likeness (QED) is 0.361. The Balaban J connectivity index is 2.50. The van der Waals surface area contributed by atoms with Gasteiger partial charge >= 0.3 is 0 Å². The minimum absolute atomic E-state index is 0.0844. The van der Waals surface area contributed by atoms with Crippen LogP contribution >= 0.6 is 23.4 Å². The maximum Gasteiger partial charge on any atom is 0.200 e. The van der Waals surface area contributed by atoms with Crippen LogP contribution in [0.1, 0.15) is 0 Å². The summed E-state index contributed by atoms with van der Waals surface area (Å²) in [6.07, 6.45) is 0. The van der Waals surface area contributed by atoms with Crippen molar-refractivity contribution < 1.29 is 0 Å². The van der Waals surface area contributed by atoms with E-state index in [9.17, 15) is 0 Å². The first-order valence-corrected chi connectivity index (χ1v) is 5.58. The zero-order chi connectivity index (χ0) is 9.68. The Hall–Kier alpha value is -0.420. The number of hydrogen-bond donors (Lipinski definition) is 2. The highest BCUT2D eigenvalue weighted by Gasteiger charge is 2.14. The second-order valence-electron chi connectivity index (χ2n) is 2.59. The van der Waals surface area contributed by atoms with Crippen molar-refractivity contribution in [2.45, 2.75) is 0 Å². The standard InChI is InChI=1S/C7H13ClN4S/c1-10-7(11-6(8)9)12-2-4-13-5-3-12/h2-5H2,1H3,(H2,9,10,11). The average Bonchev–Trinajstić information content (AvgIpc) is 2.15. The Labute approximate surface area is 87.2 Å². The van der Waals surface area contributed by atoms with E-state index in [1.54, 1.807) is 7.05 Å². The summed E-state index contributed by atoms with van der Waals surface area (Å²) in [6.45, 7) is 1.93. The molecular weight excluding hydrogens is 208 g/mol. The van der Waals surface area contributed by atoms with Gasteiger partial charge in [0.05, 0.1) is 0 Å². The maximum atomic E-state index is 7.09. The van der Waals surface area contributed by atoms with Crippen molar-refractivity contribution in [3.05, 3.63) is 0 Å². The molecule has 0 atom stereocenters. The summed E-state index contributed by atoms with van der Waals surface area (Å²) in [5.74, 6) is 2.91. The van der Waals surface area contributed by atoms with Crippen molar-refractivity contribution in [1.29, 1.82) is 5.41 Å². The van der Waals surface area contributed by atoms with Crippen molar-refractivity contribution in [2.75, 3.05) is 31.6 Å². The van der Waals surface area contributed by atoms with Crippen LogP contribution < -0.4 is 5.32 Å². The van der Waals surface area contributed by atoms with E-state index in [4.69, 9.17) is 17.0 Å². The van der Waals surface area contributed by atoms with Crippen molar-refractivity contribution >= 4 is 34.6 Å². The first kappa shape index (κ1) is 10.7. The fraction of sp³-hybridized carbons (Fsp3) is 0.714. The molecule has 0 spiro atoms. The zero-order valence-electron chi connectivity index (χ0n) is 7.51. The van der Waals surface area contributed by atoms with E-state index in [2.05, 4.69) is 15.2 Å². The molecule has 0 saturated carbocycles. The van der Waals surface area contributed by atoms with E-state index in [0.29, 0.717) is 5.96 Å². The Morgan fingerprint density at radius 3 is 2.62 bits per heavy atom. The number of hydrogen-bond acceptors (Lipinski definition) is 3. The highest BCUT2D eigenvalue weighted by Crippen LogP contribution is 2.08. The third-order valence-corrected chi connectivity index (χ3v) is 2.78. The van der Waals surface area contributed by atoms with Crippen LogP contribution in [-0.2, 0) is 0 Å². The molecular formula is C7H13ClN4S. The van der Waals surface area contributed by atoms with Crippen LogP contribution in [0.5, 0.6) is 0 Å². The zero-order valence-corrected chi connectivity index (χ0v) is 9.08. The van der Waals surface area contributed by atoms with Gasteiger partial charge in [-0.15, -0.1) is 0 Å². The molecule has 1 saturated heterocycles. The summed E-state index contributed by atoms with van der Waals surface area (Å²) in [4.78, 5) is 6.15. The topological polar surface area (TPSA) is 51.5 Å². The molecule has 1 aliphatic heterocycles. The second-order valence-corrected chi connectivity index (χ2v) is 4.19. The molecule has 0 unspecified atom stereocenters. The number of amidine groups is 1. The monoisotopic (exact) mass is 220 g/mol. The van der Waals surface area contributed by atoms with Gasteiger partial charge in [0, 0.05) is 31.6 Å². The van der Waals surface area contributed by atoms with Crippen LogP contribution in [0.2, 0.25) is 0 Å². The van der Waals surface area contributed by atoms with E-state index >= 15 is 0 Å². The third kappa shape index (κ3) is 3.44. The lowest BCUT2D eigenvalue weighted by Gasteiger charge is -2.29. The predicted octanol–water partition coefficient (Wildman–Crippen LogP) is 0.784. The molecule has 0 radical (unpaired) electrons. The first-order chi connectivity index (χ1) is 6.24. The van der Waals surface area contributed by atoms with Crippen LogP contribution in [0, 0.1) is 5.41 Å². The van der Waals surface area contributed by atoms with Gasteiger partial charge in [0.25, 0.3) is 0 Å². The van der Waals surface area contributed by atoms with Crippen LogP contribution in [-0.4, -0.2) is 47.8 Å². The van der Waals surface area contributed by atoms with Gasteiger partial charge < -0.3 is 10.2 Å². The Morgan fingerprint density at radius 2 is 2.15 bits per heavy atom. The second kappa shape index (κ2) is 5.34. The van der Waals surface area contributed by atoms with Gasteiger partial charge in [-0.25, -0.2) is 0 Å². The Kier molecular flexibility index (Phi) is 4.38. The lowest BCUT2D eigenvalue weighted by atomic mass is 10.5. The fourth-order valence-corrected chi connectivity index (χ4v) is 2.14. The maximum absolute atomic E-state index is 7.09. The molecule has 1 aliphatic rings. The summed E-state index contributed by atoms with van der Waals surface area (Å²) in [5.41, 5.74) is 0. The number of nitrogens with one attached hydrogen (secondary N) is 2. The van der Waals surface area contributed by atoms with Crippen molar-refractivity contribution in [3.8, 4) is 0 Å². The molecule has 6 heteroatoms. The lowest BCUT2D eigenvalue weighted by Crippen LogP contribution is -2.46. The fourth-order valence-electron chi connectivity index (χ4n) is 1.15. The summed E-state index contributed by atoms with van der Waals surface area (Å²) >= 11 is 7.36. The van der Waals surface area contributed by atoms with Crippen LogP contribution in [0.15, 0.2) is 4.99 Å². The number of nitrogens with zero attached hydrogens (tertiary/aromatic N) is 2. The van der Waals surface area contributed by atoms with Gasteiger partial charge in [-0.3, -0.25) is 10.4 Å². The summed E-state index contributed by atoms with van der Waals surface area (Å²) in [5, 5.41) is 9.72. The summed E-state index contributed by atoms with van der Waals surface area (Å²) in [6, 6.07) is 0. The molecule has 4 nitrogen and oxygen atoms in total. The van der Waals surface area contributed by atoms with Crippen LogP contribution in [0.4, 0.5) is 0 Å². The number of thioether (sulfide) groups is 1. The molecule has 74 valence electrons. The van der Waals surface area contributed by atoms with Crippen LogP contribution in [0.3, 0.4) is 0 Å². The number of guanidine groups is 1. The Morgan fingerprint density at radius 1 is 1.54 bits per heavy atom. The SMILES string of the molecule is CN=C(NC(=N)Cl)N1CCSCC1. The minimum atomic E-state index is -0.0844. The average molecular weight is 221 g/mol. The van der Waals surface area contributed by atoms with Gasteiger partial charge in [-0.05, 0) is 11.6 Å². The van der Waals surface area contributed by atoms with Crippen molar-refractivity contribution in [3.63, 3.8) is 0 Å². The third-order valence-electron chi connectivity index (χ3n) is 1.74. The molecule has 0 aromatic heterocycles. The largest absolute Gasteiger partial charge is 0.341 e. The number of halogens is 1. The van der Waals surface area contributed by atoms with Gasteiger partial charge in [-0.1, -0.05) is 0 Å². The molecule has 0 bridgehead atoms. The highest BCUT2D eigenvalue weighted by molar-refractivity contribution is 7.99. The molecule has 2 N–H and O–H groups in total. The van der Waals surface area contributed by atoms with E-state index in [1.807, 2.05) is 11.8 Å². The van der Waals surface area contributed by atoms with Gasteiger partial charge in [0.15, 0.2) is 11.3 Å². The number of rotatable bonds is 0. The van der Waals surface area contributed by atoms with Gasteiger partial charge in [0.1, 0.15) is 0 Å². The van der Waals surface area contributed by atoms with Crippen molar-refractivity contribution in [2.24, 2.45) is 4.99 Å². The van der Waals surface area contributed by atoms with E-state index in [0.717, 1.165) is 24.6 Å². The first-order valence-electron chi connectivity index (χ1n) is 4.04. The predicted molar refractivity (Wildman–Crippen MR) is 59.0 cm³/mol. The molecule has 13 heavy (non-hydrogen) atoms. The Bertz CT molecular complexity index is 213. The number of aliphatic imine (C=N–C) groups is 1. The van der Waals surface area contributed by atoms with E-state index in [-0.39, 0.29) is 5.29 Å². The smallest absolute Gasteiger partial charge is 0.200 e. The molecule has 1 fully saturated rings. The summed E-state index contributed by atoms with van der Waals surface area (Å²) in [7, 11) is 1.70. The van der Waals surface area contributed by atoms with Gasteiger partial charge in [0.2, 0.25) is 0 Å².